The Morgan fingerprint density at radius 2 is 1.88 bits per heavy atom. The van der Waals surface area contributed by atoms with Gasteiger partial charge in [0, 0.05) is 23.7 Å². The lowest BCUT2D eigenvalue weighted by Crippen LogP contribution is -2.32. The molecule has 0 atom stereocenters. The van der Waals surface area contributed by atoms with Crippen molar-refractivity contribution in [3.63, 3.8) is 0 Å². The average Bonchev–Trinajstić information content (AvgIpc) is 3.07. The molecule has 0 aliphatic rings. The number of likely N-dealkylation sites (N-methyl/N-ethyl adjacent to an activating group) is 1. The zero-order valence-corrected chi connectivity index (χ0v) is 15.6. The van der Waals surface area contributed by atoms with Gasteiger partial charge in [-0.3, -0.25) is 4.79 Å². The molecular weight excluding hydrogens is 348 g/mol. The van der Waals surface area contributed by atoms with E-state index in [0.29, 0.717) is 17.3 Å². The molecule has 0 fully saturated rings. The summed E-state index contributed by atoms with van der Waals surface area (Å²) in [4.78, 5) is 14.7. The number of carbonyl (C=O) groups excluding carboxylic acids is 1. The average molecular weight is 369 g/mol. The molecule has 1 amide bonds. The highest BCUT2D eigenvalue weighted by Gasteiger charge is 2.17. The van der Waals surface area contributed by atoms with Gasteiger partial charge in [0.15, 0.2) is 0 Å². The fourth-order valence-corrected chi connectivity index (χ4v) is 2.77. The number of carbonyl (C=O) groups is 1. The summed E-state index contributed by atoms with van der Waals surface area (Å²) in [5.41, 5.74) is 2.92. The van der Waals surface area contributed by atoms with E-state index in [0.717, 1.165) is 23.5 Å². The summed E-state index contributed by atoms with van der Waals surface area (Å²) in [7, 11) is 3.94. The molecule has 26 heavy (non-hydrogen) atoms. The van der Waals surface area contributed by atoms with E-state index in [9.17, 15) is 4.79 Å². The van der Waals surface area contributed by atoms with Gasteiger partial charge in [-0.2, -0.15) is 5.10 Å². The number of nitrogens with zero attached hydrogens (tertiary/aromatic N) is 3. The van der Waals surface area contributed by atoms with Crippen molar-refractivity contribution in [1.82, 2.24) is 20.0 Å². The molecule has 0 aliphatic heterocycles. The van der Waals surface area contributed by atoms with Crippen LogP contribution >= 0.6 is 11.6 Å². The van der Waals surface area contributed by atoms with Crippen LogP contribution in [0.25, 0.3) is 16.9 Å². The molecule has 0 saturated carbocycles. The fraction of sp³-hybridized carbons (Fsp3) is 0.200. The monoisotopic (exact) mass is 368 g/mol. The van der Waals surface area contributed by atoms with Gasteiger partial charge in [-0.05, 0) is 38.4 Å². The summed E-state index contributed by atoms with van der Waals surface area (Å²) in [5.74, 6) is -0.165. The van der Waals surface area contributed by atoms with Gasteiger partial charge in [-0.1, -0.05) is 48.0 Å². The van der Waals surface area contributed by atoms with E-state index in [1.165, 1.54) is 0 Å². The zero-order chi connectivity index (χ0) is 18.5. The number of aromatic nitrogens is 2. The van der Waals surface area contributed by atoms with Crippen LogP contribution in [-0.4, -0.2) is 47.8 Å². The molecule has 0 radical (unpaired) electrons. The van der Waals surface area contributed by atoms with Crippen LogP contribution in [0.3, 0.4) is 0 Å². The molecule has 1 aromatic heterocycles. The molecule has 0 bridgehead atoms. The summed E-state index contributed by atoms with van der Waals surface area (Å²) in [6, 6.07) is 18.9. The minimum Gasteiger partial charge on any atom is -0.349 e. The van der Waals surface area contributed by atoms with E-state index in [-0.39, 0.29) is 5.91 Å². The molecule has 1 N–H and O–H groups in total. The van der Waals surface area contributed by atoms with E-state index >= 15 is 0 Å². The summed E-state index contributed by atoms with van der Waals surface area (Å²) in [5, 5.41) is 8.18. The Morgan fingerprint density at radius 3 is 2.58 bits per heavy atom. The molecule has 134 valence electrons. The highest BCUT2D eigenvalue weighted by molar-refractivity contribution is 6.30. The van der Waals surface area contributed by atoms with Crippen LogP contribution in [0.2, 0.25) is 5.02 Å². The molecule has 0 unspecified atom stereocenters. The topological polar surface area (TPSA) is 50.2 Å². The van der Waals surface area contributed by atoms with Crippen LogP contribution in [0, 0.1) is 0 Å². The first-order valence-corrected chi connectivity index (χ1v) is 8.77. The molecule has 0 saturated heterocycles. The summed E-state index contributed by atoms with van der Waals surface area (Å²) in [6.07, 6.45) is 0. The van der Waals surface area contributed by atoms with Gasteiger partial charge in [0.05, 0.1) is 11.4 Å². The Labute approximate surface area is 158 Å². The fourth-order valence-electron chi connectivity index (χ4n) is 2.58. The Kier molecular flexibility index (Phi) is 5.71. The van der Waals surface area contributed by atoms with E-state index in [1.54, 1.807) is 22.9 Å². The lowest BCUT2D eigenvalue weighted by Gasteiger charge is -2.11. The Hall–Kier alpha value is -2.63. The zero-order valence-electron chi connectivity index (χ0n) is 14.8. The standard InChI is InChI=1S/C20H21ClN4O/c1-24(2)12-11-22-20(26)19-14-18(15-7-4-3-5-8-15)23-25(19)17-10-6-9-16(21)13-17/h3-10,13-14H,11-12H2,1-2H3,(H,22,26). The Bertz CT molecular complexity index is 890. The van der Waals surface area contributed by atoms with Crippen molar-refractivity contribution >= 4 is 17.5 Å². The second kappa shape index (κ2) is 8.17. The van der Waals surface area contributed by atoms with Gasteiger partial charge in [-0.15, -0.1) is 0 Å². The molecular formula is C20H21ClN4O. The smallest absolute Gasteiger partial charge is 0.270 e. The van der Waals surface area contributed by atoms with Crippen molar-refractivity contribution in [2.75, 3.05) is 27.2 Å². The van der Waals surface area contributed by atoms with Crippen molar-refractivity contribution in [2.24, 2.45) is 0 Å². The van der Waals surface area contributed by atoms with Gasteiger partial charge in [-0.25, -0.2) is 4.68 Å². The van der Waals surface area contributed by atoms with Gasteiger partial charge < -0.3 is 10.2 Å². The van der Waals surface area contributed by atoms with Crippen LogP contribution in [0.15, 0.2) is 60.7 Å². The number of halogens is 1. The van der Waals surface area contributed by atoms with Crippen molar-refractivity contribution in [1.29, 1.82) is 0 Å². The van der Waals surface area contributed by atoms with E-state index in [2.05, 4.69) is 10.4 Å². The molecule has 0 spiro atoms. The summed E-state index contributed by atoms with van der Waals surface area (Å²) < 4.78 is 1.64. The second-order valence-electron chi connectivity index (χ2n) is 6.23. The third-order valence-corrected chi connectivity index (χ3v) is 4.14. The van der Waals surface area contributed by atoms with Crippen molar-refractivity contribution in [3.8, 4) is 16.9 Å². The van der Waals surface area contributed by atoms with Crippen LogP contribution in [0.1, 0.15) is 10.5 Å². The number of nitrogens with one attached hydrogen (secondary N) is 1. The first-order chi connectivity index (χ1) is 12.5. The Balaban J connectivity index is 1.98. The van der Waals surface area contributed by atoms with Crippen LogP contribution in [0.4, 0.5) is 0 Å². The number of hydrogen-bond acceptors (Lipinski definition) is 3. The SMILES string of the molecule is CN(C)CCNC(=O)c1cc(-c2ccccc2)nn1-c1cccc(Cl)c1. The third-order valence-electron chi connectivity index (χ3n) is 3.91. The molecule has 0 aliphatic carbocycles. The van der Waals surface area contributed by atoms with E-state index < -0.39 is 0 Å². The van der Waals surface area contributed by atoms with Gasteiger partial charge in [0.2, 0.25) is 0 Å². The van der Waals surface area contributed by atoms with E-state index in [1.807, 2.05) is 61.5 Å². The highest BCUT2D eigenvalue weighted by Crippen LogP contribution is 2.23. The van der Waals surface area contributed by atoms with E-state index in [4.69, 9.17) is 11.6 Å². The third kappa shape index (κ3) is 4.31. The van der Waals surface area contributed by atoms with Crippen molar-refractivity contribution in [2.45, 2.75) is 0 Å². The van der Waals surface area contributed by atoms with Crippen LogP contribution < -0.4 is 5.32 Å². The number of benzene rings is 2. The molecule has 5 nitrogen and oxygen atoms in total. The quantitative estimate of drug-likeness (QED) is 0.724. The number of rotatable bonds is 6. The minimum absolute atomic E-state index is 0.165. The predicted molar refractivity (Wildman–Crippen MR) is 105 cm³/mol. The largest absolute Gasteiger partial charge is 0.349 e. The maximum Gasteiger partial charge on any atom is 0.270 e. The normalized spacial score (nSPS) is 10.9. The predicted octanol–water partition coefficient (Wildman–Crippen LogP) is 3.48. The lowest BCUT2D eigenvalue weighted by molar-refractivity contribution is 0.0943. The van der Waals surface area contributed by atoms with Crippen molar-refractivity contribution in [3.05, 3.63) is 71.4 Å². The molecule has 3 aromatic rings. The van der Waals surface area contributed by atoms with Crippen LogP contribution in [0.5, 0.6) is 0 Å². The minimum atomic E-state index is -0.165. The second-order valence-corrected chi connectivity index (χ2v) is 6.67. The summed E-state index contributed by atoms with van der Waals surface area (Å²) in [6.45, 7) is 1.33. The van der Waals surface area contributed by atoms with Gasteiger partial charge in [0.1, 0.15) is 5.69 Å². The lowest BCUT2D eigenvalue weighted by atomic mass is 10.1. The van der Waals surface area contributed by atoms with Crippen molar-refractivity contribution < 1.29 is 4.79 Å². The first kappa shape index (κ1) is 18.2. The number of hydrogen-bond donors (Lipinski definition) is 1. The van der Waals surface area contributed by atoms with Crippen LogP contribution in [-0.2, 0) is 0 Å². The summed E-state index contributed by atoms with van der Waals surface area (Å²) >= 11 is 6.12. The molecule has 6 heteroatoms. The number of amides is 1. The van der Waals surface area contributed by atoms with Gasteiger partial charge in [0.25, 0.3) is 5.91 Å². The first-order valence-electron chi connectivity index (χ1n) is 8.39. The van der Waals surface area contributed by atoms with Gasteiger partial charge >= 0.3 is 0 Å². The molecule has 2 aromatic carbocycles. The maximum absolute atomic E-state index is 12.7. The Morgan fingerprint density at radius 1 is 1.12 bits per heavy atom. The molecule has 1 heterocycles. The molecule has 3 rings (SSSR count). The maximum atomic E-state index is 12.7. The highest BCUT2D eigenvalue weighted by atomic mass is 35.5.